The number of phenolic OH excluding ortho intramolecular Hbond substituents is 1. The molecule has 0 spiro atoms. The maximum atomic E-state index is 8.95. The van der Waals surface area contributed by atoms with Crippen LogP contribution in [0.2, 0.25) is 0 Å². The number of phenols is 1. The zero-order valence-electron chi connectivity index (χ0n) is 7.83. The maximum Gasteiger partial charge on any atom is 0.116 e. The van der Waals surface area contributed by atoms with Crippen LogP contribution >= 0.6 is 23.6 Å². The molecule has 3 nitrogen and oxygen atoms in total. The molecule has 2 rings (SSSR count). The zero-order chi connectivity index (χ0) is 11.1. The van der Waals surface area contributed by atoms with E-state index in [2.05, 4.69) is 17.2 Å². The van der Waals surface area contributed by atoms with Crippen molar-refractivity contribution >= 4 is 28.5 Å². The summed E-state index contributed by atoms with van der Waals surface area (Å²) in [5.74, 6) is 0.185. The van der Waals surface area contributed by atoms with Crippen molar-refractivity contribution in [3.63, 3.8) is 0 Å². The Morgan fingerprint density at radius 1 is 1.47 bits per heavy atom. The van der Waals surface area contributed by atoms with E-state index in [1.165, 1.54) is 6.07 Å². The molecule has 0 radical (unpaired) electrons. The lowest BCUT2D eigenvalue weighted by atomic mass is 10.2. The molecular weight excluding hydrogens is 228 g/mol. The highest BCUT2D eigenvalue weighted by Gasteiger charge is 1.94. The van der Waals surface area contributed by atoms with Gasteiger partial charge in [0.25, 0.3) is 0 Å². The Hall–Kier alpha value is -1.46. The van der Waals surface area contributed by atoms with Gasteiger partial charge in [0.05, 0.1) is 5.51 Å². The highest BCUT2D eigenvalue weighted by molar-refractivity contribution is 7.80. The van der Waals surface area contributed by atoms with Crippen LogP contribution in [0.1, 0.15) is 5.56 Å². The summed E-state index contributed by atoms with van der Waals surface area (Å²) >= 11 is 6.29. The van der Waals surface area contributed by atoms with Crippen molar-refractivity contribution in [3.8, 4) is 5.75 Å². The van der Waals surface area contributed by atoms with E-state index < -0.39 is 0 Å². The van der Waals surface area contributed by atoms with Crippen molar-refractivity contribution < 1.29 is 5.11 Å². The van der Waals surface area contributed by atoms with Crippen LogP contribution in [-0.4, -0.2) is 15.1 Å². The quantitative estimate of drug-likeness (QED) is 0.748. The standard InChI is InChI=1S/C7H7NOS.C3H3NS/c8-7(10)5-2-1-3-6(9)4-5;1-2-5-3-4-1/h1-4,9H,(H2,8,10);1-3H. The molecule has 5 heteroatoms. The fraction of sp³-hybridized carbons (Fsp3) is 0. The fourth-order valence-electron chi connectivity index (χ4n) is 0.835. The Morgan fingerprint density at radius 2 is 2.27 bits per heavy atom. The molecule has 1 aromatic heterocycles. The molecule has 3 N–H and O–H groups in total. The molecule has 0 fully saturated rings. The van der Waals surface area contributed by atoms with Gasteiger partial charge in [-0.1, -0.05) is 24.4 Å². The van der Waals surface area contributed by atoms with Crippen LogP contribution < -0.4 is 5.73 Å². The van der Waals surface area contributed by atoms with Crippen LogP contribution in [0.4, 0.5) is 0 Å². The van der Waals surface area contributed by atoms with Gasteiger partial charge >= 0.3 is 0 Å². The number of hydrogen-bond donors (Lipinski definition) is 2. The number of rotatable bonds is 1. The highest BCUT2D eigenvalue weighted by Crippen LogP contribution is 2.09. The Morgan fingerprint density at radius 3 is 2.60 bits per heavy atom. The topological polar surface area (TPSA) is 59.1 Å². The smallest absolute Gasteiger partial charge is 0.116 e. The molecule has 1 heterocycles. The van der Waals surface area contributed by atoms with E-state index in [1.807, 2.05) is 5.38 Å². The second-order valence-electron chi connectivity index (χ2n) is 2.59. The average molecular weight is 238 g/mol. The summed E-state index contributed by atoms with van der Waals surface area (Å²) < 4.78 is 0. The van der Waals surface area contributed by atoms with E-state index in [4.69, 9.17) is 10.8 Å². The Kier molecular flexibility index (Phi) is 4.73. The lowest BCUT2D eigenvalue weighted by Gasteiger charge is -1.96. The van der Waals surface area contributed by atoms with Crippen LogP contribution in [0.3, 0.4) is 0 Å². The summed E-state index contributed by atoms with van der Waals surface area (Å²) in [7, 11) is 0. The van der Waals surface area contributed by atoms with Gasteiger partial charge in [0.15, 0.2) is 0 Å². The first kappa shape index (κ1) is 11.6. The van der Waals surface area contributed by atoms with Gasteiger partial charge in [-0.25, -0.2) is 0 Å². The van der Waals surface area contributed by atoms with Gasteiger partial charge in [0.2, 0.25) is 0 Å². The first-order valence-electron chi connectivity index (χ1n) is 4.11. The van der Waals surface area contributed by atoms with E-state index in [9.17, 15) is 0 Å². The maximum absolute atomic E-state index is 8.95. The molecule has 78 valence electrons. The third-order valence-corrected chi connectivity index (χ3v) is 2.24. The molecule has 0 aliphatic carbocycles. The zero-order valence-corrected chi connectivity index (χ0v) is 9.46. The molecule has 0 atom stereocenters. The second kappa shape index (κ2) is 6.10. The molecule has 0 amide bonds. The Bertz CT molecular complexity index is 398. The third-order valence-electron chi connectivity index (χ3n) is 1.48. The summed E-state index contributed by atoms with van der Waals surface area (Å²) in [6.45, 7) is 0. The van der Waals surface area contributed by atoms with Gasteiger partial charge in [-0.05, 0) is 12.1 Å². The number of thiocarbonyl (C=S) groups is 1. The van der Waals surface area contributed by atoms with Gasteiger partial charge < -0.3 is 10.8 Å². The minimum atomic E-state index is 0.185. The SMILES string of the molecule is NC(=S)c1cccc(O)c1.c1cscn1. The molecule has 15 heavy (non-hydrogen) atoms. The number of thiazole rings is 1. The average Bonchev–Trinajstić information content (AvgIpc) is 2.75. The van der Waals surface area contributed by atoms with E-state index in [0.29, 0.717) is 10.6 Å². The van der Waals surface area contributed by atoms with Crippen LogP contribution in [0.25, 0.3) is 0 Å². The van der Waals surface area contributed by atoms with Gasteiger partial charge in [-0.2, -0.15) is 0 Å². The van der Waals surface area contributed by atoms with E-state index >= 15 is 0 Å². The number of aromatic hydroxyl groups is 1. The molecule has 0 saturated heterocycles. The number of benzene rings is 1. The van der Waals surface area contributed by atoms with Crippen molar-refractivity contribution in [3.05, 3.63) is 46.9 Å². The first-order valence-corrected chi connectivity index (χ1v) is 5.46. The van der Waals surface area contributed by atoms with Crippen molar-refractivity contribution in [1.82, 2.24) is 4.98 Å². The van der Waals surface area contributed by atoms with Crippen LogP contribution in [0.15, 0.2) is 41.4 Å². The summed E-state index contributed by atoms with van der Waals surface area (Å²) in [6.07, 6.45) is 1.77. The van der Waals surface area contributed by atoms with Crippen LogP contribution in [0, 0.1) is 0 Å². The van der Waals surface area contributed by atoms with Crippen LogP contribution in [0.5, 0.6) is 5.75 Å². The van der Waals surface area contributed by atoms with E-state index in [-0.39, 0.29) is 5.75 Å². The minimum Gasteiger partial charge on any atom is -0.508 e. The van der Waals surface area contributed by atoms with Crippen molar-refractivity contribution in [2.75, 3.05) is 0 Å². The molecule has 0 unspecified atom stereocenters. The first-order chi connectivity index (χ1) is 7.20. The number of nitrogens with two attached hydrogens (primary N) is 1. The number of aromatic nitrogens is 1. The molecule has 1 aromatic carbocycles. The van der Waals surface area contributed by atoms with E-state index in [1.54, 1.807) is 41.2 Å². The lowest BCUT2D eigenvalue weighted by Crippen LogP contribution is -2.08. The van der Waals surface area contributed by atoms with Gasteiger partial charge in [-0.15, -0.1) is 11.3 Å². The predicted octanol–water partition coefficient (Wildman–Crippen LogP) is 2.17. The van der Waals surface area contributed by atoms with Gasteiger partial charge in [-0.3, -0.25) is 4.98 Å². The summed E-state index contributed by atoms with van der Waals surface area (Å²) in [4.78, 5) is 4.04. The molecule has 2 aromatic rings. The number of nitrogens with zero attached hydrogens (tertiary/aromatic N) is 1. The highest BCUT2D eigenvalue weighted by atomic mass is 32.1. The normalized spacial score (nSPS) is 8.80. The van der Waals surface area contributed by atoms with Crippen molar-refractivity contribution in [2.45, 2.75) is 0 Å². The number of hydrogen-bond acceptors (Lipinski definition) is 4. The Balaban J connectivity index is 0.000000187. The third kappa shape index (κ3) is 4.53. The summed E-state index contributed by atoms with van der Waals surface area (Å²) in [6, 6.07) is 6.55. The Labute approximate surface area is 97.2 Å². The summed E-state index contributed by atoms with van der Waals surface area (Å²) in [5, 5.41) is 10.9. The van der Waals surface area contributed by atoms with Crippen LogP contribution in [-0.2, 0) is 0 Å². The van der Waals surface area contributed by atoms with Gasteiger partial charge in [0, 0.05) is 17.1 Å². The monoisotopic (exact) mass is 238 g/mol. The molecule has 0 bridgehead atoms. The minimum absolute atomic E-state index is 0.185. The van der Waals surface area contributed by atoms with Crippen molar-refractivity contribution in [2.24, 2.45) is 5.73 Å². The fourth-order valence-corrected chi connectivity index (χ4v) is 1.31. The predicted molar refractivity (Wildman–Crippen MR) is 66.1 cm³/mol. The molecule has 0 aliphatic rings. The lowest BCUT2D eigenvalue weighted by molar-refractivity contribution is 0.475. The van der Waals surface area contributed by atoms with Gasteiger partial charge in [0.1, 0.15) is 10.7 Å². The molecular formula is C10H10N2OS2. The van der Waals surface area contributed by atoms with E-state index in [0.717, 1.165) is 0 Å². The molecule has 0 saturated carbocycles. The second-order valence-corrected chi connectivity index (χ2v) is 3.79. The summed E-state index contributed by atoms with van der Waals surface area (Å²) in [5.41, 5.74) is 7.78. The largest absolute Gasteiger partial charge is 0.508 e. The van der Waals surface area contributed by atoms with Crippen molar-refractivity contribution in [1.29, 1.82) is 0 Å². The molecule has 0 aliphatic heterocycles.